The lowest BCUT2D eigenvalue weighted by Crippen LogP contribution is -2.46. The molecule has 1 amide bonds. The molecule has 1 heterocycles. The first-order valence-electron chi connectivity index (χ1n) is 5.97. The maximum Gasteiger partial charge on any atom is 0.326 e. The molecule has 0 aromatic heterocycles. The lowest BCUT2D eigenvalue weighted by molar-refractivity contribution is -0.141. The molecule has 1 aliphatic heterocycles. The fraction of sp³-hybridized carbons (Fsp3) is 0.385. The van der Waals surface area contributed by atoms with E-state index in [9.17, 15) is 9.59 Å². The standard InChI is InChI=1S/C13H16N2O3/c16-12-11(8-9-4-2-1-3-5-9)14-7-6-10(15-12)13(17)18/h1-5,10-11,14H,6-8H2,(H,15,16)(H,17,18). The van der Waals surface area contributed by atoms with E-state index in [1.54, 1.807) is 0 Å². The minimum atomic E-state index is -0.981. The summed E-state index contributed by atoms with van der Waals surface area (Å²) in [5, 5.41) is 14.6. The molecule has 2 atom stereocenters. The number of carboxylic acids is 1. The Bertz CT molecular complexity index is 433. The van der Waals surface area contributed by atoms with Gasteiger partial charge in [0.05, 0.1) is 6.04 Å². The summed E-state index contributed by atoms with van der Waals surface area (Å²) in [6.07, 6.45) is 0.978. The van der Waals surface area contributed by atoms with Gasteiger partial charge in [-0.2, -0.15) is 0 Å². The minimum absolute atomic E-state index is 0.247. The number of amides is 1. The Morgan fingerprint density at radius 1 is 1.33 bits per heavy atom. The second-order valence-corrected chi connectivity index (χ2v) is 4.38. The molecule has 0 saturated carbocycles. The van der Waals surface area contributed by atoms with Gasteiger partial charge in [-0.1, -0.05) is 30.3 Å². The fourth-order valence-corrected chi connectivity index (χ4v) is 2.04. The number of carbonyl (C=O) groups is 2. The molecular formula is C13H16N2O3. The summed E-state index contributed by atoms with van der Waals surface area (Å²) in [6, 6.07) is 8.52. The average Bonchev–Trinajstić information content (AvgIpc) is 2.54. The van der Waals surface area contributed by atoms with E-state index in [4.69, 9.17) is 5.11 Å². The maximum absolute atomic E-state index is 11.9. The average molecular weight is 248 g/mol. The smallest absolute Gasteiger partial charge is 0.326 e. The van der Waals surface area contributed by atoms with E-state index in [2.05, 4.69) is 10.6 Å². The Morgan fingerprint density at radius 2 is 2.06 bits per heavy atom. The van der Waals surface area contributed by atoms with Crippen LogP contribution in [0.3, 0.4) is 0 Å². The van der Waals surface area contributed by atoms with Crippen LogP contribution in [0, 0.1) is 0 Å². The fourth-order valence-electron chi connectivity index (χ4n) is 2.04. The number of aliphatic carboxylic acids is 1. The first kappa shape index (κ1) is 12.6. The van der Waals surface area contributed by atoms with Crippen molar-refractivity contribution in [3.63, 3.8) is 0 Å². The van der Waals surface area contributed by atoms with E-state index in [0.29, 0.717) is 19.4 Å². The highest BCUT2D eigenvalue weighted by Gasteiger charge is 2.28. The van der Waals surface area contributed by atoms with Crippen LogP contribution < -0.4 is 10.6 Å². The predicted octanol–water partition coefficient (Wildman–Crippen LogP) is 0.160. The molecule has 1 aromatic rings. The molecule has 2 rings (SSSR count). The summed E-state index contributed by atoms with van der Waals surface area (Å²) >= 11 is 0. The van der Waals surface area contributed by atoms with Gasteiger partial charge in [0.25, 0.3) is 0 Å². The number of rotatable bonds is 3. The first-order chi connectivity index (χ1) is 8.66. The van der Waals surface area contributed by atoms with Gasteiger partial charge in [0.2, 0.25) is 5.91 Å². The lowest BCUT2D eigenvalue weighted by atomic mass is 10.1. The number of hydrogen-bond donors (Lipinski definition) is 3. The van der Waals surface area contributed by atoms with Crippen LogP contribution in [0.5, 0.6) is 0 Å². The quantitative estimate of drug-likeness (QED) is 0.712. The molecule has 18 heavy (non-hydrogen) atoms. The van der Waals surface area contributed by atoms with Gasteiger partial charge < -0.3 is 15.7 Å². The van der Waals surface area contributed by atoms with Crippen LogP contribution in [0.2, 0.25) is 0 Å². The van der Waals surface area contributed by atoms with Crippen LogP contribution in [0.15, 0.2) is 30.3 Å². The third kappa shape index (κ3) is 3.07. The van der Waals surface area contributed by atoms with Crippen molar-refractivity contribution in [2.45, 2.75) is 24.9 Å². The number of carbonyl (C=O) groups excluding carboxylic acids is 1. The van der Waals surface area contributed by atoms with Crippen molar-refractivity contribution in [2.24, 2.45) is 0 Å². The van der Waals surface area contributed by atoms with Crippen LogP contribution >= 0.6 is 0 Å². The normalized spacial score (nSPS) is 24.1. The van der Waals surface area contributed by atoms with Gasteiger partial charge in [-0.15, -0.1) is 0 Å². The van der Waals surface area contributed by atoms with Gasteiger partial charge in [0.15, 0.2) is 0 Å². The first-order valence-corrected chi connectivity index (χ1v) is 5.97. The van der Waals surface area contributed by atoms with E-state index in [1.807, 2.05) is 30.3 Å². The SMILES string of the molecule is O=C(O)C1CCNC(Cc2ccccc2)C(=O)N1. The van der Waals surface area contributed by atoms with Gasteiger partial charge in [-0.05, 0) is 24.9 Å². The van der Waals surface area contributed by atoms with Crippen LogP contribution in [-0.4, -0.2) is 35.6 Å². The molecule has 1 aromatic carbocycles. The molecule has 0 bridgehead atoms. The van der Waals surface area contributed by atoms with Gasteiger partial charge in [-0.3, -0.25) is 4.79 Å². The van der Waals surface area contributed by atoms with E-state index >= 15 is 0 Å². The zero-order chi connectivity index (χ0) is 13.0. The predicted molar refractivity (Wildman–Crippen MR) is 66.1 cm³/mol. The van der Waals surface area contributed by atoms with Crippen LogP contribution in [-0.2, 0) is 16.0 Å². The Labute approximate surface area is 105 Å². The topological polar surface area (TPSA) is 78.4 Å². The molecule has 1 aliphatic rings. The molecule has 5 nitrogen and oxygen atoms in total. The van der Waals surface area contributed by atoms with Crippen molar-refractivity contribution in [1.29, 1.82) is 0 Å². The zero-order valence-corrected chi connectivity index (χ0v) is 9.93. The summed E-state index contributed by atoms with van der Waals surface area (Å²) in [5.41, 5.74) is 1.05. The Hall–Kier alpha value is -1.88. The van der Waals surface area contributed by atoms with E-state index in [-0.39, 0.29) is 11.9 Å². The maximum atomic E-state index is 11.9. The zero-order valence-electron chi connectivity index (χ0n) is 9.93. The molecule has 0 radical (unpaired) electrons. The third-order valence-corrected chi connectivity index (χ3v) is 3.04. The van der Waals surface area contributed by atoms with Gasteiger partial charge >= 0.3 is 5.97 Å². The molecular weight excluding hydrogens is 232 g/mol. The highest BCUT2D eigenvalue weighted by atomic mass is 16.4. The monoisotopic (exact) mass is 248 g/mol. The lowest BCUT2D eigenvalue weighted by Gasteiger charge is -2.15. The van der Waals surface area contributed by atoms with Crippen molar-refractivity contribution >= 4 is 11.9 Å². The number of hydrogen-bond acceptors (Lipinski definition) is 3. The Balaban J connectivity index is 2.02. The number of benzene rings is 1. The summed E-state index contributed by atoms with van der Waals surface area (Å²) in [7, 11) is 0. The van der Waals surface area contributed by atoms with E-state index in [1.165, 1.54) is 0 Å². The highest BCUT2D eigenvalue weighted by molar-refractivity contribution is 5.87. The molecule has 0 aliphatic carbocycles. The molecule has 1 saturated heterocycles. The summed E-state index contributed by atoms with van der Waals surface area (Å²) in [4.78, 5) is 22.8. The van der Waals surface area contributed by atoms with Crippen molar-refractivity contribution < 1.29 is 14.7 Å². The number of nitrogens with one attached hydrogen (secondary N) is 2. The largest absolute Gasteiger partial charge is 0.480 e. The Kier molecular flexibility index (Phi) is 3.94. The molecule has 3 N–H and O–H groups in total. The van der Waals surface area contributed by atoms with Crippen molar-refractivity contribution in [3.05, 3.63) is 35.9 Å². The van der Waals surface area contributed by atoms with Crippen LogP contribution in [0.25, 0.3) is 0 Å². The summed E-state index contributed by atoms with van der Waals surface area (Å²) in [6.45, 7) is 0.521. The Morgan fingerprint density at radius 3 is 2.72 bits per heavy atom. The third-order valence-electron chi connectivity index (χ3n) is 3.04. The molecule has 2 unspecified atom stereocenters. The van der Waals surface area contributed by atoms with Gasteiger partial charge in [0.1, 0.15) is 6.04 Å². The van der Waals surface area contributed by atoms with E-state index < -0.39 is 12.0 Å². The molecule has 0 spiro atoms. The highest BCUT2D eigenvalue weighted by Crippen LogP contribution is 2.06. The van der Waals surface area contributed by atoms with Gasteiger partial charge in [-0.25, -0.2) is 4.79 Å². The van der Waals surface area contributed by atoms with Crippen molar-refractivity contribution in [1.82, 2.24) is 10.6 Å². The number of carboxylic acid groups (broad SMARTS) is 1. The van der Waals surface area contributed by atoms with Crippen LogP contribution in [0.4, 0.5) is 0 Å². The summed E-state index contributed by atoms with van der Waals surface area (Å²) < 4.78 is 0. The second-order valence-electron chi connectivity index (χ2n) is 4.38. The minimum Gasteiger partial charge on any atom is -0.480 e. The van der Waals surface area contributed by atoms with Crippen molar-refractivity contribution in [2.75, 3.05) is 6.54 Å². The summed E-state index contributed by atoms with van der Waals surface area (Å²) in [5.74, 6) is -1.23. The second kappa shape index (κ2) is 5.64. The molecule has 1 fully saturated rings. The van der Waals surface area contributed by atoms with Crippen LogP contribution in [0.1, 0.15) is 12.0 Å². The molecule has 5 heteroatoms. The van der Waals surface area contributed by atoms with Crippen molar-refractivity contribution in [3.8, 4) is 0 Å². The van der Waals surface area contributed by atoms with Gasteiger partial charge in [0, 0.05) is 0 Å². The molecule has 96 valence electrons. The van der Waals surface area contributed by atoms with E-state index in [0.717, 1.165) is 5.56 Å².